The van der Waals surface area contributed by atoms with Crippen LogP contribution >= 0.6 is 11.8 Å². The van der Waals surface area contributed by atoms with Crippen LogP contribution in [0.4, 0.5) is 5.69 Å². The Morgan fingerprint density at radius 3 is 2.52 bits per heavy atom. The van der Waals surface area contributed by atoms with Crippen LogP contribution < -0.4 is 5.32 Å². The quantitative estimate of drug-likeness (QED) is 0.526. The summed E-state index contributed by atoms with van der Waals surface area (Å²) >= 11 is 1.41. The standard InChI is InChI=1S/C22H23NO5S/c1-2-27-22(26)16-6-9-18(10-7-16)23-20(24)13-28-21(25)14-29-19-11-8-15-4-3-5-17(15)12-19/h6-12H,2-5,13-14H2,1H3,(H,23,24). The molecule has 0 fully saturated rings. The van der Waals surface area contributed by atoms with Crippen LogP contribution in [-0.4, -0.2) is 36.8 Å². The van der Waals surface area contributed by atoms with Crippen molar-refractivity contribution >= 4 is 35.3 Å². The van der Waals surface area contributed by atoms with E-state index < -0.39 is 17.8 Å². The lowest BCUT2D eigenvalue weighted by molar-refractivity contribution is -0.144. The molecule has 6 nitrogen and oxygen atoms in total. The zero-order chi connectivity index (χ0) is 20.6. The van der Waals surface area contributed by atoms with Gasteiger partial charge in [0.05, 0.1) is 17.9 Å². The molecule has 1 aliphatic carbocycles. The van der Waals surface area contributed by atoms with Crippen molar-refractivity contribution < 1.29 is 23.9 Å². The first-order valence-corrected chi connectivity index (χ1v) is 10.5. The molecule has 0 heterocycles. The van der Waals surface area contributed by atoms with Crippen LogP contribution in [0.1, 0.15) is 34.8 Å². The minimum atomic E-state index is -0.441. The fourth-order valence-electron chi connectivity index (χ4n) is 3.07. The topological polar surface area (TPSA) is 81.7 Å². The number of carbonyl (C=O) groups is 3. The van der Waals surface area contributed by atoms with E-state index in [4.69, 9.17) is 9.47 Å². The number of nitrogens with one attached hydrogen (secondary N) is 1. The lowest BCUT2D eigenvalue weighted by Crippen LogP contribution is -2.21. The van der Waals surface area contributed by atoms with Crippen LogP contribution in [0, 0.1) is 0 Å². The second-order valence-electron chi connectivity index (χ2n) is 6.58. The number of amides is 1. The third-order valence-corrected chi connectivity index (χ3v) is 5.44. The summed E-state index contributed by atoms with van der Waals surface area (Å²) in [7, 11) is 0. The lowest BCUT2D eigenvalue weighted by atomic mass is 10.1. The van der Waals surface area contributed by atoms with E-state index in [9.17, 15) is 14.4 Å². The minimum absolute atomic E-state index is 0.153. The van der Waals surface area contributed by atoms with Gasteiger partial charge in [-0.1, -0.05) is 6.07 Å². The molecule has 0 spiro atoms. The van der Waals surface area contributed by atoms with Crippen molar-refractivity contribution in [3.63, 3.8) is 0 Å². The van der Waals surface area contributed by atoms with Crippen LogP contribution in [0.3, 0.4) is 0 Å². The highest BCUT2D eigenvalue weighted by Crippen LogP contribution is 2.27. The van der Waals surface area contributed by atoms with Gasteiger partial charge in [-0.05, 0) is 73.7 Å². The molecule has 1 amide bonds. The van der Waals surface area contributed by atoms with Gasteiger partial charge in [-0.3, -0.25) is 9.59 Å². The van der Waals surface area contributed by atoms with E-state index in [-0.39, 0.29) is 12.4 Å². The number of benzene rings is 2. The highest BCUT2D eigenvalue weighted by Gasteiger charge is 2.13. The molecule has 1 N–H and O–H groups in total. The fraction of sp³-hybridized carbons (Fsp3) is 0.318. The van der Waals surface area contributed by atoms with Crippen molar-refractivity contribution in [2.45, 2.75) is 31.1 Å². The smallest absolute Gasteiger partial charge is 0.338 e. The lowest BCUT2D eigenvalue weighted by Gasteiger charge is -2.08. The molecule has 0 atom stereocenters. The number of thioether (sulfide) groups is 1. The van der Waals surface area contributed by atoms with Gasteiger partial charge >= 0.3 is 11.9 Å². The van der Waals surface area contributed by atoms with Gasteiger partial charge in [0.15, 0.2) is 6.61 Å². The van der Waals surface area contributed by atoms with Crippen LogP contribution in [0.15, 0.2) is 47.4 Å². The summed E-state index contributed by atoms with van der Waals surface area (Å²) in [6.07, 6.45) is 3.41. The highest BCUT2D eigenvalue weighted by molar-refractivity contribution is 8.00. The molecule has 0 saturated heterocycles. The molecule has 3 rings (SSSR count). The molecule has 0 bridgehead atoms. The summed E-state index contributed by atoms with van der Waals surface area (Å²) in [5.74, 6) is -1.14. The van der Waals surface area contributed by atoms with Gasteiger partial charge in [0.25, 0.3) is 5.91 Å². The van der Waals surface area contributed by atoms with Crippen molar-refractivity contribution in [3.05, 3.63) is 59.2 Å². The van der Waals surface area contributed by atoms with Crippen molar-refractivity contribution in [2.24, 2.45) is 0 Å². The largest absolute Gasteiger partial charge is 0.462 e. The highest BCUT2D eigenvalue weighted by atomic mass is 32.2. The summed E-state index contributed by atoms with van der Waals surface area (Å²) in [5.41, 5.74) is 3.66. The Bertz CT molecular complexity index is 895. The van der Waals surface area contributed by atoms with Crippen molar-refractivity contribution in [3.8, 4) is 0 Å². The molecular formula is C22H23NO5S. The van der Waals surface area contributed by atoms with Crippen molar-refractivity contribution in [1.82, 2.24) is 0 Å². The molecule has 1 aliphatic rings. The number of esters is 2. The van der Waals surface area contributed by atoms with Gasteiger partial charge in [-0.2, -0.15) is 0 Å². The number of ether oxygens (including phenoxy) is 2. The van der Waals surface area contributed by atoms with Gasteiger partial charge in [0.1, 0.15) is 0 Å². The number of carbonyl (C=O) groups excluding carboxylic acids is 3. The Hall–Kier alpha value is -2.80. The third-order valence-electron chi connectivity index (χ3n) is 4.47. The summed E-state index contributed by atoms with van der Waals surface area (Å²) in [4.78, 5) is 36.5. The Labute approximate surface area is 174 Å². The Balaban J connectivity index is 1.39. The van der Waals surface area contributed by atoms with Gasteiger partial charge in [-0.25, -0.2) is 4.79 Å². The molecule has 2 aromatic carbocycles. The van der Waals surface area contributed by atoms with E-state index in [0.29, 0.717) is 17.9 Å². The molecule has 0 radical (unpaired) electrons. The van der Waals surface area contributed by atoms with Gasteiger partial charge in [0, 0.05) is 10.6 Å². The third kappa shape index (κ3) is 6.09. The SMILES string of the molecule is CCOC(=O)c1ccc(NC(=O)COC(=O)CSc2ccc3c(c2)CCC3)cc1. The van der Waals surface area contributed by atoms with Crippen LogP contribution in [0.5, 0.6) is 0 Å². The Morgan fingerprint density at radius 2 is 1.76 bits per heavy atom. The molecule has 0 aromatic heterocycles. The normalized spacial score (nSPS) is 12.2. The first kappa shape index (κ1) is 20.9. The Morgan fingerprint density at radius 1 is 1.00 bits per heavy atom. The number of hydrogen-bond acceptors (Lipinski definition) is 6. The second-order valence-corrected chi connectivity index (χ2v) is 7.63. The van der Waals surface area contributed by atoms with E-state index in [1.54, 1.807) is 31.2 Å². The predicted octanol–water partition coefficient (Wildman–Crippen LogP) is 3.63. The molecule has 29 heavy (non-hydrogen) atoms. The summed E-state index contributed by atoms with van der Waals surface area (Å²) in [6.45, 7) is 1.68. The van der Waals surface area contributed by atoms with Crippen LogP contribution in [0.2, 0.25) is 0 Å². The van der Waals surface area contributed by atoms with Crippen LogP contribution in [-0.2, 0) is 31.9 Å². The molecule has 152 valence electrons. The Kier molecular flexibility index (Phi) is 7.30. The van der Waals surface area contributed by atoms with Gasteiger partial charge < -0.3 is 14.8 Å². The maximum atomic E-state index is 12.0. The molecule has 0 saturated carbocycles. The van der Waals surface area contributed by atoms with Crippen LogP contribution in [0.25, 0.3) is 0 Å². The average molecular weight is 413 g/mol. The molecular weight excluding hydrogens is 390 g/mol. The number of aryl methyl sites for hydroxylation is 2. The monoisotopic (exact) mass is 413 g/mol. The predicted molar refractivity (Wildman–Crippen MR) is 111 cm³/mol. The van der Waals surface area contributed by atoms with E-state index in [1.807, 2.05) is 6.07 Å². The minimum Gasteiger partial charge on any atom is -0.462 e. The second kappa shape index (κ2) is 10.1. The number of hydrogen-bond donors (Lipinski definition) is 1. The van der Waals surface area contributed by atoms with E-state index in [1.165, 1.54) is 29.3 Å². The summed E-state index contributed by atoms with van der Waals surface area (Å²) in [5, 5.41) is 2.62. The van der Waals surface area contributed by atoms with E-state index in [2.05, 4.69) is 17.4 Å². The summed E-state index contributed by atoms with van der Waals surface area (Å²) < 4.78 is 9.94. The maximum Gasteiger partial charge on any atom is 0.338 e. The molecule has 2 aromatic rings. The zero-order valence-electron chi connectivity index (χ0n) is 16.2. The number of fused-ring (bicyclic) bond motifs is 1. The maximum absolute atomic E-state index is 12.0. The number of rotatable bonds is 8. The van der Waals surface area contributed by atoms with Crippen molar-refractivity contribution in [2.75, 3.05) is 24.3 Å². The van der Waals surface area contributed by atoms with Gasteiger partial charge in [0.2, 0.25) is 0 Å². The average Bonchev–Trinajstić information content (AvgIpc) is 3.19. The zero-order valence-corrected chi connectivity index (χ0v) is 17.1. The molecule has 0 aliphatic heterocycles. The molecule has 7 heteroatoms. The van der Waals surface area contributed by atoms with E-state index >= 15 is 0 Å². The van der Waals surface area contributed by atoms with E-state index in [0.717, 1.165) is 17.7 Å². The molecule has 0 unspecified atom stereocenters. The fourth-order valence-corrected chi connectivity index (χ4v) is 3.83. The summed E-state index contributed by atoms with van der Waals surface area (Å²) in [6, 6.07) is 12.6. The first-order valence-electron chi connectivity index (χ1n) is 9.52. The number of anilines is 1. The van der Waals surface area contributed by atoms with Crippen molar-refractivity contribution in [1.29, 1.82) is 0 Å². The van der Waals surface area contributed by atoms with Gasteiger partial charge in [-0.15, -0.1) is 11.8 Å². The first-order chi connectivity index (χ1) is 14.0.